The first-order valence-electron chi connectivity index (χ1n) is 10.1. The van der Waals surface area contributed by atoms with E-state index in [4.69, 9.17) is 4.74 Å². The predicted molar refractivity (Wildman–Crippen MR) is 109 cm³/mol. The van der Waals surface area contributed by atoms with E-state index in [2.05, 4.69) is 5.32 Å². The minimum atomic E-state index is -3.46. The third kappa shape index (κ3) is 4.96. The summed E-state index contributed by atoms with van der Waals surface area (Å²) < 4.78 is 31.5. The third-order valence-corrected chi connectivity index (χ3v) is 7.73. The maximum absolute atomic E-state index is 12.6. The van der Waals surface area contributed by atoms with Crippen LogP contribution >= 0.6 is 0 Å². The number of nitrogens with zero attached hydrogens (tertiary/aromatic N) is 2. The number of amides is 1. The number of methoxy groups -OCH3 is 1. The Morgan fingerprint density at radius 1 is 1.07 bits per heavy atom. The molecule has 160 valence electrons. The van der Waals surface area contributed by atoms with E-state index in [1.165, 1.54) is 23.5 Å². The molecule has 1 aromatic carbocycles. The molecule has 3 rings (SSSR count). The van der Waals surface area contributed by atoms with Gasteiger partial charge < -0.3 is 10.1 Å². The number of benzene rings is 1. The van der Waals surface area contributed by atoms with E-state index in [0.717, 1.165) is 12.8 Å². The largest absolute Gasteiger partial charge is 0.469 e. The molecule has 0 unspecified atom stereocenters. The van der Waals surface area contributed by atoms with Gasteiger partial charge in [-0.1, -0.05) is 0 Å². The summed E-state index contributed by atoms with van der Waals surface area (Å²) in [6.45, 7) is 4.26. The lowest BCUT2D eigenvalue weighted by Crippen LogP contribution is -2.47. The Morgan fingerprint density at radius 3 is 2.21 bits per heavy atom. The molecule has 0 spiro atoms. The Hall–Kier alpha value is -1.97. The van der Waals surface area contributed by atoms with E-state index >= 15 is 0 Å². The van der Waals surface area contributed by atoms with Crippen molar-refractivity contribution in [3.63, 3.8) is 0 Å². The van der Waals surface area contributed by atoms with Gasteiger partial charge in [0.15, 0.2) is 0 Å². The number of carbonyl (C=O) groups is 2. The number of rotatable bonds is 6. The lowest BCUT2D eigenvalue weighted by molar-refractivity contribution is -0.147. The van der Waals surface area contributed by atoms with Gasteiger partial charge in [-0.3, -0.25) is 14.5 Å². The molecule has 29 heavy (non-hydrogen) atoms. The fourth-order valence-electron chi connectivity index (χ4n) is 3.89. The highest BCUT2D eigenvalue weighted by atomic mass is 32.2. The zero-order valence-electron chi connectivity index (χ0n) is 17.0. The van der Waals surface area contributed by atoms with E-state index in [0.29, 0.717) is 44.7 Å². The van der Waals surface area contributed by atoms with E-state index < -0.39 is 10.0 Å². The molecule has 0 aliphatic carbocycles. The maximum atomic E-state index is 12.6. The van der Waals surface area contributed by atoms with Gasteiger partial charge in [0.1, 0.15) is 0 Å². The summed E-state index contributed by atoms with van der Waals surface area (Å²) in [5.74, 6) is -0.445. The molecule has 1 aromatic rings. The number of ether oxygens (including phenoxy) is 1. The summed E-state index contributed by atoms with van der Waals surface area (Å²) in [6.07, 6.45) is 3.13. The number of carbonyl (C=O) groups excluding carboxylic acids is 2. The Kier molecular flexibility index (Phi) is 6.92. The van der Waals surface area contributed by atoms with Gasteiger partial charge in [0.2, 0.25) is 15.9 Å². The molecular weight excluding hydrogens is 394 g/mol. The summed E-state index contributed by atoms with van der Waals surface area (Å²) in [5.41, 5.74) is 0.562. The van der Waals surface area contributed by atoms with E-state index in [1.54, 1.807) is 12.1 Å². The monoisotopic (exact) mass is 423 g/mol. The molecule has 2 fully saturated rings. The van der Waals surface area contributed by atoms with Gasteiger partial charge in [-0.25, -0.2) is 8.42 Å². The zero-order chi connectivity index (χ0) is 21.0. The Morgan fingerprint density at radius 2 is 1.66 bits per heavy atom. The van der Waals surface area contributed by atoms with Crippen molar-refractivity contribution in [2.45, 2.75) is 43.5 Å². The minimum absolute atomic E-state index is 0.100. The molecule has 0 saturated carbocycles. The molecule has 0 aromatic heterocycles. The van der Waals surface area contributed by atoms with Gasteiger partial charge in [-0.15, -0.1) is 0 Å². The van der Waals surface area contributed by atoms with Crippen molar-refractivity contribution >= 4 is 27.6 Å². The van der Waals surface area contributed by atoms with Gasteiger partial charge in [0.05, 0.1) is 24.0 Å². The van der Waals surface area contributed by atoms with E-state index in [-0.39, 0.29) is 28.7 Å². The van der Waals surface area contributed by atoms with E-state index in [1.807, 2.05) is 11.8 Å². The Bertz CT molecular complexity index is 826. The number of piperidine rings is 1. The van der Waals surface area contributed by atoms with Crippen LogP contribution in [0.1, 0.15) is 32.6 Å². The van der Waals surface area contributed by atoms with Crippen LogP contribution < -0.4 is 5.32 Å². The van der Waals surface area contributed by atoms with Crippen molar-refractivity contribution in [3.05, 3.63) is 24.3 Å². The van der Waals surface area contributed by atoms with Crippen LogP contribution in [-0.4, -0.2) is 68.8 Å². The minimum Gasteiger partial charge on any atom is -0.469 e. The van der Waals surface area contributed by atoms with Crippen LogP contribution in [-0.2, 0) is 24.3 Å². The van der Waals surface area contributed by atoms with Crippen LogP contribution in [0.5, 0.6) is 0 Å². The van der Waals surface area contributed by atoms with E-state index in [9.17, 15) is 18.0 Å². The normalized spacial score (nSPS) is 20.3. The predicted octanol–water partition coefficient (Wildman–Crippen LogP) is 1.68. The summed E-state index contributed by atoms with van der Waals surface area (Å²) in [6, 6.07) is 5.97. The first kappa shape index (κ1) is 21.7. The molecule has 0 bridgehead atoms. The standard InChI is InChI=1S/C20H29N3O5S/c1-15(22-13-9-16(10-14-22)20(25)28-2)19(24)21-17-5-7-18(8-6-17)29(26,27)23-11-3-4-12-23/h5-8,15-16H,3-4,9-14H2,1-2H3,(H,21,24)/t15-/m1/s1. The van der Waals surface area contributed by atoms with Gasteiger partial charge in [0, 0.05) is 18.8 Å². The highest BCUT2D eigenvalue weighted by molar-refractivity contribution is 7.89. The fourth-order valence-corrected chi connectivity index (χ4v) is 5.41. The van der Waals surface area contributed by atoms with Crippen molar-refractivity contribution in [2.75, 3.05) is 38.6 Å². The second-order valence-corrected chi connectivity index (χ2v) is 9.57. The van der Waals surface area contributed by atoms with Crippen LogP contribution in [0.4, 0.5) is 5.69 Å². The van der Waals surface area contributed by atoms with Gasteiger partial charge >= 0.3 is 5.97 Å². The summed E-state index contributed by atoms with van der Waals surface area (Å²) in [4.78, 5) is 26.5. The third-order valence-electron chi connectivity index (χ3n) is 5.82. The van der Waals surface area contributed by atoms with Crippen molar-refractivity contribution in [2.24, 2.45) is 5.92 Å². The lowest BCUT2D eigenvalue weighted by Gasteiger charge is -2.34. The summed E-state index contributed by atoms with van der Waals surface area (Å²) in [7, 11) is -2.06. The van der Waals surface area contributed by atoms with Crippen LogP contribution in [0, 0.1) is 5.92 Å². The zero-order valence-corrected chi connectivity index (χ0v) is 17.8. The maximum Gasteiger partial charge on any atom is 0.308 e. The average Bonchev–Trinajstić information content (AvgIpc) is 3.29. The Labute approximate surface area is 172 Å². The topological polar surface area (TPSA) is 96.0 Å². The number of sulfonamides is 1. The molecule has 8 nitrogen and oxygen atoms in total. The quantitative estimate of drug-likeness (QED) is 0.700. The van der Waals surface area contributed by atoms with Crippen molar-refractivity contribution in [1.29, 1.82) is 0 Å². The molecular formula is C20H29N3O5S. The molecule has 1 amide bonds. The first-order chi connectivity index (χ1) is 13.8. The number of likely N-dealkylation sites (tertiary alicyclic amines) is 1. The van der Waals surface area contributed by atoms with Crippen molar-refractivity contribution < 1.29 is 22.7 Å². The van der Waals surface area contributed by atoms with Gasteiger partial charge in [-0.05, 0) is 70.0 Å². The van der Waals surface area contributed by atoms with Crippen LogP contribution in [0.2, 0.25) is 0 Å². The molecule has 9 heteroatoms. The number of anilines is 1. The summed E-state index contributed by atoms with van der Waals surface area (Å²) >= 11 is 0. The smallest absolute Gasteiger partial charge is 0.308 e. The number of nitrogens with one attached hydrogen (secondary N) is 1. The van der Waals surface area contributed by atoms with Crippen LogP contribution in [0.3, 0.4) is 0 Å². The second-order valence-electron chi connectivity index (χ2n) is 7.63. The second kappa shape index (κ2) is 9.23. The Balaban J connectivity index is 1.56. The van der Waals surface area contributed by atoms with Crippen LogP contribution in [0.25, 0.3) is 0 Å². The highest BCUT2D eigenvalue weighted by Gasteiger charge is 2.30. The van der Waals surface area contributed by atoms with Crippen molar-refractivity contribution in [1.82, 2.24) is 9.21 Å². The molecule has 2 saturated heterocycles. The average molecular weight is 424 g/mol. The fraction of sp³-hybridized carbons (Fsp3) is 0.600. The molecule has 1 atom stereocenters. The number of hydrogen-bond donors (Lipinski definition) is 1. The van der Waals surface area contributed by atoms with Gasteiger partial charge in [0.25, 0.3) is 0 Å². The first-order valence-corrected chi connectivity index (χ1v) is 11.5. The van der Waals surface area contributed by atoms with Crippen LogP contribution in [0.15, 0.2) is 29.2 Å². The molecule has 2 heterocycles. The number of esters is 1. The van der Waals surface area contributed by atoms with Gasteiger partial charge in [-0.2, -0.15) is 4.31 Å². The lowest BCUT2D eigenvalue weighted by atomic mass is 9.96. The highest BCUT2D eigenvalue weighted by Crippen LogP contribution is 2.23. The molecule has 0 radical (unpaired) electrons. The molecule has 2 aliphatic heterocycles. The number of hydrogen-bond acceptors (Lipinski definition) is 6. The van der Waals surface area contributed by atoms with Crippen molar-refractivity contribution in [3.8, 4) is 0 Å². The molecule has 2 aliphatic rings. The SMILES string of the molecule is COC(=O)C1CCN([C@H](C)C(=O)Nc2ccc(S(=O)(=O)N3CCCC3)cc2)CC1. The summed E-state index contributed by atoms with van der Waals surface area (Å²) in [5, 5.41) is 2.85. The molecule has 1 N–H and O–H groups in total.